The molecule has 0 atom stereocenters. The van der Waals surface area contributed by atoms with Gasteiger partial charge in [-0.25, -0.2) is 4.79 Å². The number of likely N-dealkylation sites (N-methyl/N-ethyl adjacent to an activating group) is 1. The molecule has 0 unspecified atom stereocenters. The average Bonchev–Trinajstić information content (AvgIpc) is 3.50. The average molecular weight is 388 g/mol. The number of nitrogens with one attached hydrogen (secondary N) is 1. The summed E-state index contributed by atoms with van der Waals surface area (Å²) in [5.41, 5.74) is 1.64. The summed E-state index contributed by atoms with van der Waals surface area (Å²) in [6, 6.07) is 5.96. The summed E-state index contributed by atoms with van der Waals surface area (Å²) in [5, 5.41) is 3.06. The van der Waals surface area contributed by atoms with Crippen molar-refractivity contribution >= 4 is 17.6 Å². The summed E-state index contributed by atoms with van der Waals surface area (Å²) in [5.74, 6) is 1.08. The van der Waals surface area contributed by atoms with Gasteiger partial charge in [0.25, 0.3) is 5.91 Å². The van der Waals surface area contributed by atoms with Crippen LogP contribution >= 0.6 is 0 Å². The Morgan fingerprint density at radius 1 is 1.11 bits per heavy atom. The number of rotatable bonds is 7. The molecule has 2 aliphatic carbocycles. The first-order valence-corrected chi connectivity index (χ1v) is 10.4. The van der Waals surface area contributed by atoms with Gasteiger partial charge in [-0.05, 0) is 56.2 Å². The van der Waals surface area contributed by atoms with Gasteiger partial charge in [-0.2, -0.15) is 0 Å². The Balaban J connectivity index is 1.70. The van der Waals surface area contributed by atoms with Gasteiger partial charge in [-0.15, -0.1) is 0 Å². The van der Waals surface area contributed by atoms with E-state index >= 15 is 0 Å². The fraction of sp³-hybridized carbons (Fsp3) is 0.636. The standard InChI is InChI=1S/C22H33N3O3/c1-16-9-12-19(20(13-16)28-15-21(26)24(2)3)23-22(27)25(14-17-10-11-17)18-7-5-4-6-8-18/h9,12-13,17-18H,4-8,10-11,14-15H2,1-3H3,(H,23,27). The summed E-state index contributed by atoms with van der Waals surface area (Å²) in [7, 11) is 3.40. The highest BCUT2D eigenvalue weighted by Crippen LogP contribution is 2.33. The van der Waals surface area contributed by atoms with Gasteiger partial charge in [0.2, 0.25) is 0 Å². The van der Waals surface area contributed by atoms with Crippen LogP contribution in [0.5, 0.6) is 5.75 Å². The Labute approximate surface area is 168 Å². The molecule has 154 valence electrons. The van der Waals surface area contributed by atoms with Crippen LogP contribution in [0.4, 0.5) is 10.5 Å². The first kappa shape index (κ1) is 20.5. The molecule has 2 aliphatic rings. The number of anilines is 1. The van der Waals surface area contributed by atoms with E-state index < -0.39 is 0 Å². The topological polar surface area (TPSA) is 61.9 Å². The maximum Gasteiger partial charge on any atom is 0.322 e. The molecule has 1 aromatic carbocycles. The molecule has 1 N–H and O–H groups in total. The van der Waals surface area contributed by atoms with Crippen LogP contribution in [0.2, 0.25) is 0 Å². The van der Waals surface area contributed by atoms with Crippen LogP contribution in [-0.4, -0.2) is 55.0 Å². The molecule has 0 radical (unpaired) electrons. The second kappa shape index (κ2) is 9.30. The van der Waals surface area contributed by atoms with Crippen LogP contribution in [0.15, 0.2) is 18.2 Å². The van der Waals surface area contributed by atoms with E-state index in [9.17, 15) is 9.59 Å². The Hall–Kier alpha value is -2.24. The molecule has 0 aliphatic heterocycles. The zero-order chi connectivity index (χ0) is 20.1. The normalized spacial score (nSPS) is 17.1. The Morgan fingerprint density at radius 2 is 1.82 bits per heavy atom. The van der Waals surface area contributed by atoms with E-state index in [0.717, 1.165) is 24.9 Å². The van der Waals surface area contributed by atoms with Crippen LogP contribution in [0, 0.1) is 12.8 Å². The van der Waals surface area contributed by atoms with Gasteiger partial charge in [0.15, 0.2) is 6.61 Å². The second-order valence-corrected chi connectivity index (χ2v) is 8.39. The molecule has 3 rings (SSSR count). The SMILES string of the molecule is Cc1ccc(NC(=O)N(CC2CC2)C2CCCCC2)c(OCC(=O)N(C)C)c1. The van der Waals surface area contributed by atoms with Crippen LogP contribution in [0.1, 0.15) is 50.5 Å². The molecule has 2 saturated carbocycles. The lowest BCUT2D eigenvalue weighted by Gasteiger charge is -2.34. The number of aryl methyl sites for hydroxylation is 1. The maximum atomic E-state index is 13.1. The summed E-state index contributed by atoms with van der Waals surface area (Å²) in [6.45, 7) is 2.76. The first-order chi connectivity index (χ1) is 13.4. The number of hydrogen-bond acceptors (Lipinski definition) is 3. The second-order valence-electron chi connectivity index (χ2n) is 8.39. The number of amides is 3. The minimum atomic E-state index is -0.114. The molecule has 0 spiro atoms. The highest BCUT2D eigenvalue weighted by Gasteiger charge is 2.32. The molecule has 3 amide bonds. The largest absolute Gasteiger partial charge is 0.482 e. The van der Waals surface area contributed by atoms with E-state index in [-0.39, 0.29) is 18.5 Å². The van der Waals surface area contributed by atoms with Crippen molar-refractivity contribution < 1.29 is 14.3 Å². The van der Waals surface area contributed by atoms with Crippen LogP contribution in [0.25, 0.3) is 0 Å². The van der Waals surface area contributed by atoms with Gasteiger partial charge in [0.1, 0.15) is 5.75 Å². The fourth-order valence-electron chi connectivity index (χ4n) is 3.68. The number of urea groups is 1. The molecular formula is C22H33N3O3. The third-order valence-electron chi connectivity index (χ3n) is 5.66. The van der Waals surface area contributed by atoms with E-state index in [2.05, 4.69) is 5.32 Å². The molecular weight excluding hydrogens is 354 g/mol. The molecule has 6 nitrogen and oxygen atoms in total. The Morgan fingerprint density at radius 3 is 2.46 bits per heavy atom. The molecule has 2 fully saturated rings. The number of carbonyl (C=O) groups is 2. The molecule has 28 heavy (non-hydrogen) atoms. The quantitative estimate of drug-likeness (QED) is 0.768. The minimum absolute atomic E-state index is 0.0479. The number of benzene rings is 1. The van der Waals surface area contributed by atoms with Crippen molar-refractivity contribution in [1.29, 1.82) is 0 Å². The van der Waals surface area contributed by atoms with Gasteiger partial charge in [-0.3, -0.25) is 4.79 Å². The number of nitrogens with zero attached hydrogens (tertiary/aromatic N) is 2. The van der Waals surface area contributed by atoms with Crippen molar-refractivity contribution in [3.05, 3.63) is 23.8 Å². The highest BCUT2D eigenvalue weighted by atomic mass is 16.5. The van der Waals surface area contributed by atoms with Crippen molar-refractivity contribution in [2.24, 2.45) is 5.92 Å². The number of ether oxygens (including phenoxy) is 1. The van der Waals surface area contributed by atoms with E-state index in [1.54, 1.807) is 14.1 Å². The van der Waals surface area contributed by atoms with Gasteiger partial charge in [0, 0.05) is 26.7 Å². The zero-order valence-electron chi connectivity index (χ0n) is 17.4. The summed E-state index contributed by atoms with van der Waals surface area (Å²) < 4.78 is 5.74. The predicted molar refractivity (Wildman–Crippen MR) is 111 cm³/mol. The van der Waals surface area contributed by atoms with Crippen molar-refractivity contribution in [3.63, 3.8) is 0 Å². The molecule has 0 bridgehead atoms. The zero-order valence-corrected chi connectivity index (χ0v) is 17.4. The molecule has 0 heterocycles. The van der Waals surface area contributed by atoms with Crippen LogP contribution in [-0.2, 0) is 4.79 Å². The third kappa shape index (κ3) is 5.63. The van der Waals surface area contributed by atoms with Crippen LogP contribution < -0.4 is 10.1 Å². The molecule has 1 aromatic rings. The lowest BCUT2D eigenvalue weighted by atomic mass is 9.94. The maximum absolute atomic E-state index is 13.1. The predicted octanol–water partition coefficient (Wildman–Crippen LogP) is 4.04. The van der Waals surface area contributed by atoms with Gasteiger partial charge in [0.05, 0.1) is 5.69 Å². The fourth-order valence-corrected chi connectivity index (χ4v) is 3.68. The van der Waals surface area contributed by atoms with Gasteiger partial charge in [-0.1, -0.05) is 25.3 Å². The molecule has 0 aromatic heterocycles. The van der Waals surface area contributed by atoms with Gasteiger partial charge >= 0.3 is 6.03 Å². The highest BCUT2D eigenvalue weighted by molar-refractivity contribution is 5.91. The van der Waals surface area contributed by atoms with E-state index in [1.807, 2.05) is 30.0 Å². The van der Waals surface area contributed by atoms with Gasteiger partial charge < -0.3 is 19.9 Å². The Kier molecular flexibility index (Phi) is 6.81. The van der Waals surface area contributed by atoms with Crippen molar-refractivity contribution in [1.82, 2.24) is 9.80 Å². The summed E-state index contributed by atoms with van der Waals surface area (Å²) >= 11 is 0. The van der Waals surface area contributed by atoms with E-state index in [4.69, 9.17) is 4.74 Å². The molecule has 0 saturated heterocycles. The van der Waals surface area contributed by atoms with Crippen molar-refractivity contribution in [3.8, 4) is 5.75 Å². The minimum Gasteiger partial charge on any atom is -0.482 e. The number of hydrogen-bond donors (Lipinski definition) is 1. The summed E-state index contributed by atoms with van der Waals surface area (Å²) in [6.07, 6.45) is 8.30. The third-order valence-corrected chi connectivity index (χ3v) is 5.66. The monoisotopic (exact) mass is 387 g/mol. The van der Waals surface area contributed by atoms with E-state index in [1.165, 1.54) is 37.0 Å². The van der Waals surface area contributed by atoms with E-state index in [0.29, 0.717) is 23.4 Å². The summed E-state index contributed by atoms with van der Waals surface area (Å²) in [4.78, 5) is 28.6. The first-order valence-electron chi connectivity index (χ1n) is 10.4. The van der Waals surface area contributed by atoms with Crippen LogP contribution in [0.3, 0.4) is 0 Å². The lowest BCUT2D eigenvalue weighted by molar-refractivity contribution is -0.130. The Bertz CT molecular complexity index is 694. The van der Waals surface area contributed by atoms with Crippen molar-refractivity contribution in [2.45, 2.75) is 57.9 Å². The smallest absolute Gasteiger partial charge is 0.322 e. The molecule has 6 heteroatoms. The lowest BCUT2D eigenvalue weighted by Crippen LogP contribution is -2.45. The number of carbonyl (C=O) groups excluding carboxylic acids is 2. The van der Waals surface area contributed by atoms with Crippen molar-refractivity contribution in [2.75, 3.05) is 32.6 Å².